The molecule has 3 heterocycles. The van der Waals surface area contributed by atoms with Gasteiger partial charge in [0.2, 0.25) is 0 Å². The van der Waals surface area contributed by atoms with Gasteiger partial charge in [0.15, 0.2) is 0 Å². The van der Waals surface area contributed by atoms with Crippen LogP contribution in [0, 0.1) is 0 Å². The maximum Gasteiger partial charge on any atom is 0.112 e. The summed E-state index contributed by atoms with van der Waals surface area (Å²) in [5.74, 6) is 4.30. The summed E-state index contributed by atoms with van der Waals surface area (Å²) in [6, 6.07) is 0. The Kier molecular flexibility index (Phi) is 2.48. The molecule has 0 aromatic carbocycles. The topological polar surface area (TPSA) is 38.0 Å². The maximum atomic E-state index is 9.85. The molecule has 1 N–H and O–H groups in total. The van der Waals surface area contributed by atoms with Crippen molar-refractivity contribution in [2.24, 2.45) is 0 Å². The van der Waals surface area contributed by atoms with Crippen molar-refractivity contribution in [3.05, 3.63) is 17.7 Å². The zero-order valence-corrected chi connectivity index (χ0v) is 9.54. The first-order valence-corrected chi connectivity index (χ1v) is 6.83. The van der Waals surface area contributed by atoms with Gasteiger partial charge in [0.05, 0.1) is 18.0 Å². The maximum absolute atomic E-state index is 9.85. The average Bonchev–Trinajstić information content (AvgIpc) is 2.85. The van der Waals surface area contributed by atoms with E-state index in [9.17, 15) is 5.11 Å². The highest BCUT2D eigenvalue weighted by molar-refractivity contribution is 7.99. The van der Waals surface area contributed by atoms with Crippen molar-refractivity contribution < 1.29 is 5.11 Å². The van der Waals surface area contributed by atoms with Gasteiger partial charge in [0.1, 0.15) is 5.82 Å². The van der Waals surface area contributed by atoms with Crippen molar-refractivity contribution in [1.29, 1.82) is 0 Å². The molecule has 3 nitrogen and oxygen atoms in total. The van der Waals surface area contributed by atoms with Gasteiger partial charge in [-0.3, -0.25) is 0 Å². The lowest BCUT2D eigenvalue weighted by atomic mass is 10.1. The van der Waals surface area contributed by atoms with E-state index in [1.54, 1.807) is 0 Å². The zero-order valence-electron chi connectivity index (χ0n) is 8.72. The van der Waals surface area contributed by atoms with Crippen LogP contribution in [0.3, 0.4) is 0 Å². The van der Waals surface area contributed by atoms with Gasteiger partial charge in [-0.05, 0) is 25.0 Å². The molecule has 2 aliphatic heterocycles. The van der Waals surface area contributed by atoms with Gasteiger partial charge in [0.25, 0.3) is 0 Å². The number of aliphatic hydroxyl groups is 1. The molecule has 4 heteroatoms. The van der Waals surface area contributed by atoms with E-state index >= 15 is 0 Å². The lowest BCUT2D eigenvalue weighted by Gasteiger charge is -2.22. The molecule has 1 saturated heterocycles. The minimum Gasteiger partial charge on any atom is -0.387 e. The number of rotatable bonds is 1. The fourth-order valence-electron chi connectivity index (χ4n) is 2.57. The molecule has 0 amide bonds. The van der Waals surface area contributed by atoms with Gasteiger partial charge in [-0.25, -0.2) is 4.98 Å². The van der Waals surface area contributed by atoms with E-state index < -0.39 is 0 Å². The number of hydrogen-bond donors (Lipinski definition) is 1. The van der Waals surface area contributed by atoms with E-state index in [-0.39, 0.29) is 6.10 Å². The highest BCUT2D eigenvalue weighted by atomic mass is 32.2. The number of nitrogens with zero attached hydrogens (tertiary/aromatic N) is 2. The Morgan fingerprint density at radius 1 is 1.47 bits per heavy atom. The highest BCUT2D eigenvalue weighted by Gasteiger charge is 2.27. The van der Waals surface area contributed by atoms with E-state index in [2.05, 4.69) is 9.55 Å². The monoisotopic (exact) mass is 224 g/mol. The fraction of sp³-hybridized carbons (Fsp3) is 0.727. The van der Waals surface area contributed by atoms with Crippen molar-refractivity contribution in [2.75, 3.05) is 11.5 Å². The number of thioether (sulfide) groups is 1. The van der Waals surface area contributed by atoms with E-state index in [1.165, 1.54) is 23.8 Å². The predicted molar refractivity (Wildman–Crippen MR) is 61.1 cm³/mol. The van der Waals surface area contributed by atoms with E-state index in [0.717, 1.165) is 25.1 Å². The standard InChI is InChI=1S/C11H16N2OS/c14-10-2-1-4-13-9(10)6-12-11(13)8-3-5-15-7-8/h6,8,10,14H,1-5,7H2. The second-order valence-electron chi connectivity index (χ2n) is 4.41. The molecule has 0 spiro atoms. The van der Waals surface area contributed by atoms with Crippen molar-refractivity contribution in [3.63, 3.8) is 0 Å². The Hall–Kier alpha value is -0.480. The molecular formula is C11H16N2OS. The van der Waals surface area contributed by atoms with Crippen LogP contribution in [-0.2, 0) is 6.54 Å². The van der Waals surface area contributed by atoms with Crippen molar-refractivity contribution >= 4 is 11.8 Å². The molecule has 3 rings (SSSR count). The van der Waals surface area contributed by atoms with E-state index in [0.29, 0.717) is 5.92 Å². The Balaban J connectivity index is 1.95. The molecule has 1 fully saturated rings. The van der Waals surface area contributed by atoms with Crippen molar-refractivity contribution in [1.82, 2.24) is 9.55 Å². The van der Waals surface area contributed by atoms with Gasteiger partial charge < -0.3 is 9.67 Å². The minimum atomic E-state index is -0.283. The first-order valence-electron chi connectivity index (χ1n) is 5.67. The van der Waals surface area contributed by atoms with Gasteiger partial charge >= 0.3 is 0 Å². The van der Waals surface area contributed by atoms with Crippen LogP contribution >= 0.6 is 11.8 Å². The molecule has 2 aliphatic rings. The third-order valence-corrected chi connectivity index (χ3v) is 4.58. The Labute approximate surface area is 93.9 Å². The van der Waals surface area contributed by atoms with Gasteiger partial charge in [-0.2, -0.15) is 11.8 Å². The predicted octanol–water partition coefficient (Wildman–Crippen LogP) is 1.93. The summed E-state index contributed by atoms with van der Waals surface area (Å²) in [4.78, 5) is 4.52. The molecule has 1 aromatic rings. The van der Waals surface area contributed by atoms with Crippen molar-refractivity contribution in [2.45, 2.75) is 37.8 Å². The van der Waals surface area contributed by atoms with Crippen LogP contribution < -0.4 is 0 Å². The second kappa shape index (κ2) is 3.83. The lowest BCUT2D eigenvalue weighted by molar-refractivity contribution is 0.138. The third-order valence-electron chi connectivity index (χ3n) is 3.41. The number of imidazole rings is 1. The zero-order chi connectivity index (χ0) is 10.3. The number of aromatic nitrogens is 2. The smallest absolute Gasteiger partial charge is 0.112 e. The quantitative estimate of drug-likeness (QED) is 0.792. The molecule has 0 radical (unpaired) electrons. The Bertz CT molecular complexity index is 357. The molecule has 0 saturated carbocycles. The number of hydrogen-bond acceptors (Lipinski definition) is 3. The molecule has 2 atom stereocenters. The second-order valence-corrected chi connectivity index (χ2v) is 5.56. The Morgan fingerprint density at radius 2 is 2.40 bits per heavy atom. The summed E-state index contributed by atoms with van der Waals surface area (Å²) >= 11 is 2.02. The van der Waals surface area contributed by atoms with Crippen LogP contribution in [0.4, 0.5) is 0 Å². The first kappa shape index (κ1) is 9.73. The molecule has 0 bridgehead atoms. The molecular weight excluding hydrogens is 208 g/mol. The highest BCUT2D eigenvalue weighted by Crippen LogP contribution is 2.35. The summed E-state index contributed by atoms with van der Waals surface area (Å²) in [6.07, 6.45) is 4.82. The average molecular weight is 224 g/mol. The Morgan fingerprint density at radius 3 is 3.20 bits per heavy atom. The summed E-state index contributed by atoms with van der Waals surface area (Å²) in [6.45, 7) is 1.04. The lowest BCUT2D eigenvalue weighted by Crippen LogP contribution is -2.18. The number of fused-ring (bicyclic) bond motifs is 1. The normalized spacial score (nSPS) is 30.5. The molecule has 2 unspecified atom stereocenters. The van der Waals surface area contributed by atoms with E-state index in [1.807, 2.05) is 18.0 Å². The molecule has 15 heavy (non-hydrogen) atoms. The van der Waals surface area contributed by atoms with Crippen LogP contribution in [0.1, 0.15) is 42.8 Å². The van der Waals surface area contributed by atoms with Gasteiger partial charge in [-0.15, -0.1) is 0 Å². The summed E-state index contributed by atoms with van der Waals surface area (Å²) < 4.78 is 2.25. The summed E-state index contributed by atoms with van der Waals surface area (Å²) in [5, 5.41) is 9.85. The van der Waals surface area contributed by atoms with Gasteiger partial charge in [-0.1, -0.05) is 0 Å². The van der Waals surface area contributed by atoms with Crippen LogP contribution in [0.15, 0.2) is 6.20 Å². The van der Waals surface area contributed by atoms with Crippen LogP contribution in [0.25, 0.3) is 0 Å². The van der Waals surface area contributed by atoms with Crippen LogP contribution in [0.5, 0.6) is 0 Å². The summed E-state index contributed by atoms with van der Waals surface area (Å²) in [5.41, 5.74) is 1.04. The molecule has 0 aliphatic carbocycles. The fourth-order valence-corrected chi connectivity index (χ4v) is 3.79. The largest absolute Gasteiger partial charge is 0.387 e. The van der Waals surface area contributed by atoms with Crippen LogP contribution in [-0.4, -0.2) is 26.2 Å². The molecule has 1 aromatic heterocycles. The first-order chi connectivity index (χ1) is 7.36. The van der Waals surface area contributed by atoms with E-state index in [4.69, 9.17) is 0 Å². The SMILES string of the molecule is OC1CCCn2c1cnc2C1CCSC1. The number of aliphatic hydroxyl groups excluding tert-OH is 1. The summed E-state index contributed by atoms with van der Waals surface area (Å²) in [7, 11) is 0. The van der Waals surface area contributed by atoms with Gasteiger partial charge in [0, 0.05) is 18.2 Å². The minimum absolute atomic E-state index is 0.283. The third kappa shape index (κ3) is 1.60. The molecule has 82 valence electrons. The van der Waals surface area contributed by atoms with Crippen LogP contribution in [0.2, 0.25) is 0 Å². The van der Waals surface area contributed by atoms with Crippen molar-refractivity contribution in [3.8, 4) is 0 Å².